The quantitative estimate of drug-likeness (QED) is 0.732. The van der Waals surface area contributed by atoms with E-state index in [9.17, 15) is 23.4 Å². The number of nitrogens with two attached hydrogens (primary N) is 1. The molecule has 6 heteroatoms. The molecule has 0 amide bonds. The molecule has 1 aromatic carbocycles. The Kier molecular flexibility index (Phi) is 4.28. The molecule has 0 aromatic heterocycles. The molecule has 0 bridgehead atoms. The third kappa shape index (κ3) is 2.72. The van der Waals surface area contributed by atoms with Crippen molar-refractivity contribution < 1.29 is 23.4 Å². The highest BCUT2D eigenvalue weighted by molar-refractivity contribution is 5.27. The van der Waals surface area contributed by atoms with E-state index in [1.54, 1.807) is 0 Å². The molecule has 0 fully saturated rings. The Bertz CT molecular complexity index is 360. The molecule has 0 aliphatic rings. The molecule has 0 aliphatic heterocycles. The number of benzene rings is 1. The second-order valence-electron chi connectivity index (χ2n) is 3.33. The van der Waals surface area contributed by atoms with Gasteiger partial charge in [-0.3, -0.25) is 0 Å². The minimum Gasteiger partial charge on any atom is -0.389 e. The summed E-state index contributed by atoms with van der Waals surface area (Å²) in [5.74, 6) is -1.12. The standard InChI is InChI=1S/C10H12F3NO2/c11-7-3-5(9(16)8(15)4-14)1-2-6(7)10(12)13/h1-3,8-10,15-16H,4,14H2. The van der Waals surface area contributed by atoms with Gasteiger partial charge in [0.05, 0.1) is 11.7 Å². The highest BCUT2D eigenvalue weighted by atomic mass is 19.3. The summed E-state index contributed by atoms with van der Waals surface area (Å²) in [6.07, 6.45) is -5.55. The van der Waals surface area contributed by atoms with Gasteiger partial charge in [-0.05, 0) is 11.6 Å². The average Bonchev–Trinajstić information content (AvgIpc) is 2.26. The van der Waals surface area contributed by atoms with E-state index in [4.69, 9.17) is 5.73 Å². The molecule has 0 aliphatic carbocycles. The molecule has 90 valence electrons. The van der Waals surface area contributed by atoms with E-state index in [-0.39, 0.29) is 12.1 Å². The normalized spacial score (nSPS) is 15.2. The third-order valence-corrected chi connectivity index (χ3v) is 2.21. The van der Waals surface area contributed by atoms with Gasteiger partial charge in [-0.25, -0.2) is 13.2 Å². The van der Waals surface area contributed by atoms with Crippen LogP contribution in [0.25, 0.3) is 0 Å². The molecule has 16 heavy (non-hydrogen) atoms. The lowest BCUT2D eigenvalue weighted by molar-refractivity contribution is 0.0241. The van der Waals surface area contributed by atoms with Crippen LogP contribution in [0.3, 0.4) is 0 Å². The smallest absolute Gasteiger partial charge is 0.266 e. The Balaban J connectivity index is 2.97. The largest absolute Gasteiger partial charge is 0.389 e. The zero-order valence-corrected chi connectivity index (χ0v) is 8.28. The van der Waals surface area contributed by atoms with Crippen molar-refractivity contribution in [3.05, 3.63) is 35.1 Å². The molecule has 0 radical (unpaired) electrons. The van der Waals surface area contributed by atoms with Crippen LogP contribution in [0.5, 0.6) is 0 Å². The third-order valence-electron chi connectivity index (χ3n) is 2.21. The summed E-state index contributed by atoms with van der Waals surface area (Å²) in [5.41, 5.74) is 4.38. The van der Waals surface area contributed by atoms with Crippen LogP contribution in [0.1, 0.15) is 23.7 Å². The molecule has 4 N–H and O–H groups in total. The number of aliphatic hydroxyl groups excluding tert-OH is 2. The van der Waals surface area contributed by atoms with E-state index in [2.05, 4.69) is 0 Å². The number of aliphatic hydroxyl groups is 2. The number of alkyl halides is 2. The van der Waals surface area contributed by atoms with E-state index in [0.29, 0.717) is 0 Å². The summed E-state index contributed by atoms with van der Waals surface area (Å²) in [4.78, 5) is 0. The molecule has 1 aromatic rings. The van der Waals surface area contributed by atoms with E-state index >= 15 is 0 Å². The highest BCUT2D eigenvalue weighted by Crippen LogP contribution is 2.25. The minimum atomic E-state index is -2.91. The Hall–Kier alpha value is -1.11. The van der Waals surface area contributed by atoms with Crippen LogP contribution >= 0.6 is 0 Å². The maximum absolute atomic E-state index is 13.1. The van der Waals surface area contributed by atoms with Gasteiger partial charge >= 0.3 is 0 Å². The van der Waals surface area contributed by atoms with E-state index < -0.39 is 30.0 Å². The molecule has 1 rings (SSSR count). The van der Waals surface area contributed by atoms with Gasteiger partial charge in [0.15, 0.2) is 0 Å². The lowest BCUT2D eigenvalue weighted by atomic mass is 10.0. The van der Waals surface area contributed by atoms with Crippen molar-refractivity contribution in [3.63, 3.8) is 0 Å². The second-order valence-corrected chi connectivity index (χ2v) is 3.33. The van der Waals surface area contributed by atoms with Crippen LogP contribution in [-0.4, -0.2) is 22.9 Å². The molecule has 2 unspecified atom stereocenters. The molecular formula is C10H12F3NO2. The van der Waals surface area contributed by atoms with Crippen molar-refractivity contribution in [2.45, 2.75) is 18.6 Å². The van der Waals surface area contributed by atoms with Crippen LogP contribution in [0, 0.1) is 5.82 Å². The Morgan fingerprint density at radius 1 is 1.25 bits per heavy atom. The van der Waals surface area contributed by atoms with Crippen molar-refractivity contribution in [1.29, 1.82) is 0 Å². The fraction of sp³-hybridized carbons (Fsp3) is 0.400. The average molecular weight is 235 g/mol. The molecule has 0 saturated carbocycles. The summed E-state index contributed by atoms with van der Waals surface area (Å²) in [6.45, 7) is -0.209. The topological polar surface area (TPSA) is 66.5 Å². The fourth-order valence-electron chi connectivity index (χ4n) is 1.26. The SMILES string of the molecule is NCC(O)C(O)c1ccc(C(F)F)c(F)c1. The summed E-state index contributed by atoms with van der Waals surface area (Å²) in [7, 11) is 0. The summed E-state index contributed by atoms with van der Waals surface area (Å²) in [6, 6.07) is 2.78. The van der Waals surface area contributed by atoms with Crippen LogP contribution < -0.4 is 5.73 Å². The summed E-state index contributed by atoms with van der Waals surface area (Å²) < 4.78 is 37.6. The number of hydrogen-bond acceptors (Lipinski definition) is 3. The zero-order chi connectivity index (χ0) is 12.3. The summed E-state index contributed by atoms with van der Waals surface area (Å²) in [5, 5.41) is 18.7. The molecule has 0 saturated heterocycles. The van der Waals surface area contributed by atoms with Crippen LogP contribution in [-0.2, 0) is 0 Å². The number of rotatable bonds is 4. The van der Waals surface area contributed by atoms with E-state index in [1.807, 2.05) is 0 Å². The predicted octanol–water partition coefficient (Wildman–Crippen LogP) is 1.12. The number of hydrogen-bond donors (Lipinski definition) is 3. The predicted molar refractivity (Wildman–Crippen MR) is 51.4 cm³/mol. The van der Waals surface area contributed by atoms with Crippen molar-refractivity contribution >= 4 is 0 Å². The van der Waals surface area contributed by atoms with Crippen molar-refractivity contribution in [3.8, 4) is 0 Å². The fourth-order valence-corrected chi connectivity index (χ4v) is 1.26. The van der Waals surface area contributed by atoms with Crippen LogP contribution in [0.15, 0.2) is 18.2 Å². The monoisotopic (exact) mass is 235 g/mol. The van der Waals surface area contributed by atoms with Gasteiger partial charge in [0.2, 0.25) is 0 Å². The van der Waals surface area contributed by atoms with Crippen molar-refractivity contribution in [2.24, 2.45) is 5.73 Å². The van der Waals surface area contributed by atoms with Gasteiger partial charge in [-0.15, -0.1) is 0 Å². The van der Waals surface area contributed by atoms with Crippen molar-refractivity contribution in [2.75, 3.05) is 6.54 Å². The first-order chi connectivity index (χ1) is 7.47. The molecule has 3 nitrogen and oxygen atoms in total. The van der Waals surface area contributed by atoms with Gasteiger partial charge in [-0.1, -0.05) is 12.1 Å². The van der Waals surface area contributed by atoms with Gasteiger partial charge in [0.25, 0.3) is 6.43 Å². The first-order valence-electron chi connectivity index (χ1n) is 4.61. The maximum atomic E-state index is 13.1. The lowest BCUT2D eigenvalue weighted by Crippen LogP contribution is -2.27. The first-order valence-corrected chi connectivity index (χ1v) is 4.61. The Morgan fingerprint density at radius 2 is 1.88 bits per heavy atom. The van der Waals surface area contributed by atoms with E-state index in [1.165, 1.54) is 0 Å². The summed E-state index contributed by atoms with van der Waals surface area (Å²) >= 11 is 0. The Morgan fingerprint density at radius 3 is 2.31 bits per heavy atom. The molecule has 0 spiro atoms. The first kappa shape index (κ1) is 13.0. The van der Waals surface area contributed by atoms with E-state index in [0.717, 1.165) is 18.2 Å². The lowest BCUT2D eigenvalue weighted by Gasteiger charge is -2.16. The minimum absolute atomic E-state index is 0.0138. The Labute approximate surface area is 90.3 Å². The van der Waals surface area contributed by atoms with Crippen LogP contribution in [0.4, 0.5) is 13.2 Å². The highest BCUT2D eigenvalue weighted by Gasteiger charge is 2.20. The van der Waals surface area contributed by atoms with Gasteiger partial charge in [0.1, 0.15) is 11.9 Å². The van der Waals surface area contributed by atoms with Gasteiger partial charge in [-0.2, -0.15) is 0 Å². The molecular weight excluding hydrogens is 223 g/mol. The zero-order valence-electron chi connectivity index (χ0n) is 8.28. The van der Waals surface area contributed by atoms with Gasteiger partial charge < -0.3 is 15.9 Å². The molecule has 0 heterocycles. The number of halogens is 3. The molecule has 2 atom stereocenters. The second kappa shape index (κ2) is 5.29. The maximum Gasteiger partial charge on any atom is 0.266 e. The van der Waals surface area contributed by atoms with Crippen molar-refractivity contribution in [1.82, 2.24) is 0 Å². The van der Waals surface area contributed by atoms with Gasteiger partial charge in [0, 0.05) is 6.54 Å². The van der Waals surface area contributed by atoms with Crippen LogP contribution in [0.2, 0.25) is 0 Å².